The predicted molar refractivity (Wildman–Crippen MR) is 69.2 cm³/mol. The number of carbonyl (C=O) groups is 1. The molecule has 2 fully saturated rings. The topological polar surface area (TPSA) is 207 Å². The van der Waals surface area contributed by atoms with Gasteiger partial charge in [-0.05, 0) is 0 Å². The number of hydrogen-bond acceptors (Lipinski definition) is 11. The van der Waals surface area contributed by atoms with Gasteiger partial charge in [0.1, 0.15) is 42.7 Å². The second-order valence-corrected chi connectivity index (χ2v) is 5.56. The van der Waals surface area contributed by atoms with Gasteiger partial charge in [-0.1, -0.05) is 0 Å². The molecule has 2 heterocycles. The lowest BCUT2D eigenvalue weighted by atomic mass is 9.97. The number of rotatable bonds is 4. The minimum atomic E-state index is -1.98. The summed E-state index contributed by atoms with van der Waals surface area (Å²) in [6.45, 7) is -0.738. The Bertz CT molecular complexity index is 444. The molecule has 2 rings (SSSR count). The highest BCUT2D eigenvalue weighted by atomic mass is 16.7. The van der Waals surface area contributed by atoms with Crippen LogP contribution in [0.4, 0.5) is 0 Å². The van der Waals surface area contributed by atoms with Crippen molar-refractivity contribution in [2.45, 2.75) is 61.4 Å². The number of carboxylic acids is 1. The first-order chi connectivity index (χ1) is 11.2. The van der Waals surface area contributed by atoms with Gasteiger partial charge in [-0.2, -0.15) is 0 Å². The van der Waals surface area contributed by atoms with E-state index in [1.54, 1.807) is 0 Å². The minimum absolute atomic E-state index is 0.738. The summed E-state index contributed by atoms with van der Waals surface area (Å²) in [6, 6.07) is 0. The first kappa shape index (κ1) is 19.4. The van der Waals surface area contributed by atoms with Crippen LogP contribution in [0, 0.1) is 0 Å². The van der Waals surface area contributed by atoms with E-state index in [4.69, 9.17) is 19.7 Å². The quantitative estimate of drug-likeness (QED) is 0.238. The number of aliphatic carboxylic acids is 1. The lowest BCUT2D eigenvalue weighted by Crippen LogP contribution is -2.65. The molecule has 0 aromatic rings. The molecule has 0 aromatic heterocycles. The zero-order valence-electron chi connectivity index (χ0n) is 12.2. The lowest BCUT2D eigenvalue weighted by Gasteiger charge is -2.44. The Labute approximate surface area is 135 Å². The van der Waals surface area contributed by atoms with Gasteiger partial charge in [0.05, 0.1) is 6.61 Å². The van der Waals surface area contributed by atoms with E-state index in [1.165, 1.54) is 0 Å². The number of ether oxygens (including phenoxy) is 3. The van der Waals surface area contributed by atoms with Gasteiger partial charge >= 0.3 is 5.97 Å². The maximum Gasteiger partial charge on any atom is 0.335 e. The van der Waals surface area contributed by atoms with E-state index in [1.807, 2.05) is 0 Å². The average molecular weight is 356 g/mol. The van der Waals surface area contributed by atoms with Crippen LogP contribution in [0.25, 0.3) is 0 Å². The van der Waals surface area contributed by atoms with E-state index in [-0.39, 0.29) is 0 Å². The van der Waals surface area contributed by atoms with Gasteiger partial charge in [-0.25, -0.2) is 4.79 Å². The van der Waals surface area contributed by atoms with Crippen LogP contribution in [0.5, 0.6) is 0 Å². The molecule has 24 heavy (non-hydrogen) atoms. The minimum Gasteiger partial charge on any atom is -0.479 e. The molecular weight excluding hydrogens is 336 g/mol. The number of aliphatic hydroxyl groups is 7. The van der Waals surface area contributed by atoms with E-state index in [2.05, 4.69) is 4.74 Å². The first-order valence-electron chi connectivity index (χ1n) is 7.07. The number of hydrogen-bond donors (Lipinski definition) is 8. The highest BCUT2D eigenvalue weighted by Crippen LogP contribution is 2.28. The van der Waals surface area contributed by atoms with Crippen molar-refractivity contribution in [3.63, 3.8) is 0 Å². The molecule has 140 valence electrons. The van der Waals surface area contributed by atoms with Crippen LogP contribution in [0.15, 0.2) is 0 Å². The van der Waals surface area contributed by atoms with Crippen LogP contribution in [-0.4, -0.2) is 115 Å². The van der Waals surface area contributed by atoms with Crippen molar-refractivity contribution in [1.29, 1.82) is 0 Å². The Morgan fingerprint density at radius 3 is 2.04 bits per heavy atom. The Morgan fingerprint density at radius 2 is 1.50 bits per heavy atom. The fraction of sp³-hybridized carbons (Fsp3) is 0.917. The van der Waals surface area contributed by atoms with Gasteiger partial charge in [0.25, 0.3) is 0 Å². The van der Waals surface area contributed by atoms with E-state index >= 15 is 0 Å². The third-order valence-electron chi connectivity index (χ3n) is 3.95. The number of carboxylic acid groups (broad SMARTS) is 1. The molecule has 10 atom stereocenters. The lowest BCUT2D eigenvalue weighted by molar-refractivity contribution is -0.350. The maximum atomic E-state index is 11.2. The van der Waals surface area contributed by atoms with Crippen LogP contribution in [0.2, 0.25) is 0 Å². The SMILES string of the molecule is O=C(O)[C@H]1O[C@H](O)[C@H](O)[C@@H](O)[C@@H]1O[C@@H]1O[C@H](CO)[C@H](O)[C@H](O)[C@H]1O. The van der Waals surface area contributed by atoms with Crippen molar-refractivity contribution < 1.29 is 59.9 Å². The van der Waals surface area contributed by atoms with Crippen LogP contribution in [-0.2, 0) is 19.0 Å². The normalized spacial score (nSPS) is 49.8. The van der Waals surface area contributed by atoms with Gasteiger partial charge in [-0.15, -0.1) is 0 Å². The third-order valence-corrected chi connectivity index (χ3v) is 3.95. The van der Waals surface area contributed by atoms with Gasteiger partial charge < -0.3 is 55.1 Å². The molecule has 0 spiro atoms. The van der Waals surface area contributed by atoms with Crippen molar-refractivity contribution in [2.24, 2.45) is 0 Å². The summed E-state index contributed by atoms with van der Waals surface area (Å²) in [5.74, 6) is -1.63. The third kappa shape index (κ3) is 3.52. The van der Waals surface area contributed by atoms with E-state index in [9.17, 15) is 35.4 Å². The average Bonchev–Trinajstić information content (AvgIpc) is 2.54. The molecule has 12 heteroatoms. The van der Waals surface area contributed by atoms with Gasteiger partial charge in [0.15, 0.2) is 18.7 Å². The molecule has 2 aliphatic heterocycles. The van der Waals surface area contributed by atoms with Crippen molar-refractivity contribution in [1.82, 2.24) is 0 Å². The van der Waals surface area contributed by atoms with Crippen molar-refractivity contribution in [3.05, 3.63) is 0 Å². The van der Waals surface area contributed by atoms with Crippen LogP contribution >= 0.6 is 0 Å². The van der Waals surface area contributed by atoms with Crippen LogP contribution in [0.3, 0.4) is 0 Å². The molecule has 0 radical (unpaired) electrons. The second kappa shape index (κ2) is 7.53. The van der Waals surface area contributed by atoms with Gasteiger partial charge in [-0.3, -0.25) is 0 Å². The van der Waals surface area contributed by atoms with Gasteiger partial charge in [0.2, 0.25) is 0 Å². The molecule has 0 aliphatic carbocycles. The monoisotopic (exact) mass is 356 g/mol. The van der Waals surface area contributed by atoms with E-state index in [0.29, 0.717) is 0 Å². The van der Waals surface area contributed by atoms with E-state index in [0.717, 1.165) is 0 Å². The molecule has 0 unspecified atom stereocenters. The van der Waals surface area contributed by atoms with Crippen molar-refractivity contribution >= 4 is 5.97 Å². The summed E-state index contributed by atoms with van der Waals surface area (Å²) in [6.07, 6.45) is -17.8. The van der Waals surface area contributed by atoms with E-state index < -0.39 is 74.0 Å². The Balaban J connectivity index is 2.18. The largest absolute Gasteiger partial charge is 0.479 e. The maximum absolute atomic E-state index is 11.2. The molecule has 0 amide bonds. The fourth-order valence-corrected chi connectivity index (χ4v) is 2.54. The van der Waals surface area contributed by atoms with Crippen LogP contribution in [0.1, 0.15) is 0 Å². The highest BCUT2D eigenvalue weighted by Gasteiger charge is 2.52. The molecule has 12 nitrogen and oxygen atoms in total. The standard InChI is InChI=1S/C12H20O12/c13-1-2-3(14)4(15)7(18)12(22-2)24-8-5(16)6(17)11(21)23-9(8)10(19)20/h2-9,11-18,21H,1H2,(H,19,20)/t2-,3+,4+,5-,6-,7-,8+,9+,11+,12+/m1/s1. The highest BCUT2D eigenvalue weighted by molar-refractivity contribution is 5.73. The molecule has 0 aromatic carbocycles. The second-order valence-electron chi connectivity index (χ2n) is 5.56. The smallest absolute Gasteiger partial charge is 0.335 e. The summed E-state index contributed by atoms with van der Waals surface area (Å²) in [5, 5.41) is 76.2. The Kier molecular flexibility index (Phi) is 6.09. The van der Waals surface area contributed by atoms with Crippen molar-refractivity contribution in [3.8, 4) is 0 Å². The van der Waals surface area contributed by atoms with Crippen molar-refractivity contribution in [2.75, 3.05) is 6.61 Å². The van der Waals surface area contributed by atoms with Crippen LogP contribution < -0.4 is 0 Å². The summed E-state index contributed by atoms with van der Waals surface area (Å²) in [5.41, 5.74) is 0. The molecule has 8 N–H and O–H groups in total. The summed E-state index contributed by atoms with van der Waals surface area (Å²) >= 11 is 0. The summed E-state index contributed by atoms with van der Waals surface area (Å²) < 4.78 is 14.8. The van der Waals surface area contributed by atoms with Gasteiger partial charge in [0, 0.05) is 0 Å². The zero-order valence-corrected chi connectivity index (χ0v) is 12.2. The molecule has 0 bridgehead atoms. The molecule has 0 saturated carbocycles. The molecule has 2 saturated heterocycles. The predicted octanol–water partition coefficient (Wildman–Crippen LogP) is -5.30. The fourth-order valence-electron chi connectivity index (χ4n) is 2.54. The summed E-state index contributed by atoms with van der Waals surface area (Å²) in [4.78, 5) is 11.2. The molecular formula is C12H20O12. The Hall–Kier alpha value is -0.930. The molecule has 2 aliphatic rings. The zero-order chi connectivity index (χ0) is 18.2. The summed E-state index contributed by atoms with van der Waals surface area (Å²) in [7, 11) is 0. The first-order valence-corrected chi connectivity index (χ1v) is 7.07. The Morgan fingerprint density at radius 1 is 0.875 bits per heavy atom. The number of aliphatic hydroxyl groups excluding tert-OH is 7.